The summed E-state index contributed by atoms with van der Waals surface area (Å²) in [4.78, 5) is 40.7. The molecular formula is C34H41F4N3O4S. The quantitative estimate of drug-likeness (QED) is 0.229. The van der Waals surface area contributed by atoms with Gasteiger partial charge in [0.25, 0.3) is 5.56 Å². The zero-order valence-corrected chi connectivity index (χ0v) is 27.6. The van der Waals surface area contributed by atoms with Gasteiger partial charge in [-0.3, -0.25) is 19.3 Å². The van der Waals surface area contributed by atoms with Crippen LogP contribution in [0.2, 0.25) is 0 Å². The molecule has 4 rings (SSSR count). The fraction of sp³-hybridized carbons (Fsp3) is 0.441. The Labute approximate surface area is 273 Å². The number of pyridine rings is 1. The van der Waals surface area contributed by atoms with E-state index in [4.69, 9.17) is 0 Å². The Balaban J connectivity index is 0.00000576. The molecule has 0 radical (unpaired) electrons. The van der Waals surface area contributed by atoms with Crippen molar-refractivity contribution in [3.05, 3.63) is 92.2 Å². The first-order chi connectivity index (χ1) is 21.1. The summed E-state index contributed by atoms with van der Waals surface area (Å²) in [5, 5.41) is 12.4. The Morgan fingerprint density at radius 3 is 2.20 bits per heavy atom. The summed E-state index contributed by atoms with van der Waals surface area (Å²) in [7, 11) is 0. The number of nitrogens with one attached hydrogen (secondary N) is 1. The summed E-state index contributed by atoms with van der Waals surface area (Å²) < 4.78 is 58.8. The zero-order valence-electron chi connectivity index (χ0n) is 26.6. The number of amides is 1. The van der Waals surface area contributed by atoms with Gasteiger partial charge in [-0.1, -0.05) is 13.8 Å². The van der Waals surface area contributed by atoms with Gasteiger partial charge in [-0.2, -0.15) is 13.5 Å². The van der Waals surface area contributed by atoms with Crippen LogP contribution in [0.15, 0.2) is 41.3 Å². The van der Waals surface area contributed by atoms with Gasteiger partial charge in [-0.05, 0) is 103 Å². The van der Waals surface area contributed by atoms with Gasteiger partial charge in [0, 0.05) is 31.4 Å². The van der Waals surface area contributed by atoms with Crippen LogP contribution in [-0.4, -0.2) is 52.3 Å². The molecule has 2 aromatic carbocycles. The number of aromatic nitrogens is 1. The zero-order chi connectivity index (χ0) is 33.2. The lowest BCUT2D eigenvalue weighted by atomic mass is 9.90. The highest BCUT2D eigenvalue weighted by Gasteiger charge is 2.30. The van der Waals surface area contributed by atoms with E-state index in [1.807, 2.05) is 18.7 Å². The first-order valence-corrected chi connectivity index (χ1v) is 15.0. The predicted molar refractivity (Wildman–Crippen MR) is 174 cm³/mol. The summed E-state index contributed by atoms with van der Waals surface area (Å²) in [5.41, 5.74) is 1.90. The first-order valence-electron chi connectivity index (χ1n) is 15.0. The third-order valence-electron chi connectivity index (χ3n) is 8.16. The van der Waals surface area contributed by atoms with Gasteiger partial charge in [0.15, 0.2) is 5.82 Å². The largest absolute Gasteiger partial charge is 0.481 e. The van der Waals surface area contributed by atoms with Crippen LogP contribution in [0.5, 0.6) is 0 Å². The summed E-state index contributed by atoms with van der Waals surface area (Å²) in [6, 6.07) is 4.26. The second-order valence-electron chi connectivity index (χ2n) is 12.4. The van der Waals surface area contributed by atoms with Crippen molar-refractivity contribution in [3.63, 3.8) is 0 Å². The lowest BCUT2D eigenvalue weighted by molar-refractivity contribution is -0.138. The number of hydrogen-bond donors (Lipinski definition) is 2. The fourth-order valence-electron chi connectivity index (χ4n) is 6.00. The van der Waals surface area contributed by atoms with Crippen LogP contribution in [0.1, 0.15) is 66.6 Å². The fourth-order valence-corrected chi connectivity index (χ4v) is 6.00. The molecule has 2 atom stereocenters. The number of carbonyl (C=O) groups excluding carboxylic acids is 1. The maximum atomic E-state index is 15.7. The second-order valence-corrected chi connectivity index (χ2v) is 12.4. The number of likely N-dealkylation sites (tertiary alicyclic amines) is 1. The SMILES string of the molecule is Cc1cc(-c2c(C)cc(F)cc2C)cc([C@H](CC(=O)O)NC(=O)C(CC(C)C)n2cc(CCN3CC(F)C3)cc(F)c2=O)c1F.S. The number of benzene rings is 2. The van der Waals surface area contributed by atoms with Gasteiger partial charge in [0.2, 0.25) is 5.91 Å². The maximum absolute atomic E-state index is 15.7. The van der Waals surface area contributed by atoms with Crippen molar-refractivity contribution in [2.45, 2.75) is 72.1 Å². The standard InChI is InChI=1S/C34H39F4N3O4.H2S/c1-18(2)8-29(41-15-22(12-27(37)34(41)45)6-7-40-16-25(36)17-40)33(44)39-28(14-30(42)43)26-13-23(9-21(5)32(26)38)31-19(3)10-24(35)11-20(31)4;/h9-13,15,18,25,28-29H,6-8,14,16-17H2,1-5H3,(H,39,44)(H,42,43);1H2/t28-,29?;/m0./s1. The van der Waals surface area contributed by atoms with E-state index >= 15 is 4.39 Å². The van der Waals surface area contributed by atoms with E-state index in [1.54, 1.807) is 19.9 Å². The molecule has 1 saturated heterocycles. The molecule has 0 spiro atoms. The number of aryl methyl sites for hydroxylation is 3. The average molecular weight is 664 g/mol. The molecule has 2 heterocycles. The number of carboxylic acids is 1. The van der Waals surface area contributed by atoms with E-state index in [0.29, 0.717) is 40.8 Å². The van der Waals surface area contributed by atoms with E-state index in [9.17, 15) is 32.7 Å². The summed E-state index contributed by atoms with van der Waals surface area (Å²) >= 11 is 0. The normalized spacial score (nSPS) is 14.8. The Hall–Kier alpha value is -3.64. The molecule has 7 nitrogen and oxygen atoms in total. The van der Waals surface area contributed by atoms with Gasteiger partial charge < -0.3 is 15.0 Å². The average Bonchev–Trinajstić information content (AvgIpc) is 2.91. The minimum atomic E-state index is -1.34. The van der Waals surface area contributed by atoms with Gasteiger partial charge in [-0.15, -0.1) is 0 Å². The summed E-state index contributed by atoms with van der Waals surface area (Å²) in [6.45, 7) is 9.58. The number of aliphatic carboxylic acids is 1. The van der Waals surface area contributed by atoms with Crippen molar-refractivity contribution in [1.29, 1.82) is 0 Å². The van der Waals surface area contributed by atoms with E-state index in [0.717, 1.165) is 10.6 Å². The Morgan fingerprint density at radius 1 is 1.00 bits per heavy atom. The lowest BCUT2D eigenvalue weighted by Gasteiger charge is -2.34. The number of alkyl halides is 1. The van der Waals surface area contributed by atoms with Gasteiger partial charge >= 0.3 is 5.97 Å². The van der Waals surface area contributed by atoms with Crippen LogP contribution in [-0.2, 0) is 16.0 Å². The van der Waals surface area contributed by atoms with Gasteiger partial charge in [0.05, 0.1) is 12.5 Å². The van der Waals surface area contributed by atoms with Crippen molar-refractivity contribution >= 4 is 25.4 Å². The highest BCUT2D eigenvalue weighted by Crippen LogP contribution is 2.34. The Bertz CT molecular complexity index is 1630. The minimum absolute atomic E-state index is 0. The number of halogens is 4. The van der Waals surface area contributed by atoms with Gasteiger partial charge in [-0.25, -0.2) is 17.6 Å². The van der Waals surface area contributed by atoms with E-state index in [-0.39, 0.29) is 50.1 Å². The molecule has 2 N–H and O–H groups in total. The second kappa shape index (κ2) is 15.3. The van der Waals surface area contributed by atoms with Crippen LogP contribution < -0.4 is 10.9 Å². The molecule has 250 valence electrons. The van der Waals surface area contributed by atoms with Crippen LogP contribution in [0, 0.1) is 44.1 Å². The van der Waals surface area contributed by atoms with Gasteiger partial charge in [0.1, 0.15) is 23.8 Å². The number of nitrogens with zero attached hydrogens (tertiary/aromatic N) is 2. The van der Waals surface area contributed by atoms with Crippen LogP contribution >= 0.6 is 13.5 Å². The Kier molecular flexibility index (Phi) is 12.2. The third kappa shape index (κ3) is 8.58. The molecule has 12 heteroatoms. The molecule has 0 saturated carbocycles. The first kappa shape index (κ1) is 36.8. The molecule has 1 aromatic heterocycles. The van der Waals surface area contributed by atoms with Crippen LogP contribution in [0.25, 0.3) is 11.1 Å². The summed E-state index contributed by atoms with van der Waals surface area (Å²) in [6.07, 6.45) is 0.269. The number of carbonyl (C=O) groups is 2. The predicted octanol–water partition coefficient (Wildman–Crippen LogP) is 6.09. The molecule has 1 unspecified atom stereocenters. The molecule has 1 aliphatic rings. The molecule has 0 aliphatic carbocycles. The minimum Gasteiger partial charge on any atom is -0.481 e. The highest BCUT2D eigenvalue weighted by molar-refractivity contribution is 7.59. The van der Waals surface area contributed by atoms with E-state index < -0.39 is 59.6 Å². The maximum Gasteiger partial charge on any atom is 0.305 e. The highest BCUT2D eigenvalue weighted by atomic mass is 32.1. The lowest BCUT2D eigenvalue weighted by Crippen LogP contribution is -2.49. The van der Waals surface area contributed by atoms with Crippen LogP contribution in [0.4, 0.5) is 17.6 Å². The molecule has 1 fully saturated rings. The topological polar surface area (TPSA) is 91.6 Å². The molecular weight excluding hydrogens is 622 g/mol. The van der Waals surface area contributed by atoms with Crippen molar-refractivity contribution in [3.8, 4) is 11.1 Å². The van der Waals surface area contributed by atoms with Crippen molar-refractivity contribution in [2.75, 3.05) is 19.6 Å². The van der Waals surface area contributed by atoms with E-state index in [1.165, 1.54) is 31.3 Å². The molecule has 3 aromatic rings. The third-order valence-corrected chi connectivity index (χ3v) is 8.16. The van der Waals surface area contributed by atoms with Crippen molar-refractivity contribution < 1.29 is 32.3 Å². The van der Waals surface area contributed by atoms with Crippen molar-refractivity contribution in [1.82, 2.24) is 14.8 Å². The van der Waals surface area contributed by atoms with Crippen LogP contribution in [0.3, 0.4) is 0 Å². The molecule has 0 bridgehead atoms. The molecule has 46 heavy (non-hydrogen) atoms. The number of hydrogen-bond acceptors (Lipinski definition) is 4. The Morgan fingerprint density at radius 2 is 1.63 bits per heavy atom. The molecule has 1 amide bonds. The number of carboxylic acid groups (broad SMARTS) is 1. The monoisotopic (exact) mass is 663 g/mol. The summed E-state index contributed by atoms with van der Waals surface area (Å²) in [5.74, 6) is -4.40. The van der Waals surface area contributed by atoms with E-state index in [2.05, 4.69) is 5.32 Å². The smallest absolute Gasteiger partial charge is 0.305 e. The molecule has 1 aliphatic heterocycles. The van der Waals surface area contributed by atoms with Crippen molar-refractivity contribution in [2.24, 2.45) is 5.92 Å². The number of rotatable bonds is 12.